The number of rotatable bonds is 8. The Morgan fingerprint density at radius 1 is 1.10 bits per heavy atom. The summed E-state index contributed by atoms with van der Waals surface area (Å²) in [5, 5.41) is 15.1. The zero-order valence-electron chi connectivity index (χ0n) is 16.9. The largest absolute Gasteiger partial charge is 0.505 e. The highest BCUT2D eigenvalue weighted by Gasteiger charge is 2.22. The summed E-state index contributed by atoms with van der Waals surface area (Å²) in [6.07, 6.45) is 3.23. The lowest BCUT2D eigenvalue weighted by Crippen LogP contribution is -2.13. The molecule has 1 unspecified atom stereocenters. The summed E-state index contributed by atoms with van der Waals surface area (Å²) >= 11 is 0. The van der Waals surface area contributed by atoms with E-state index in [0.29, 0.717) is 29.0 Å². The normalized spacial score (nSPS) is 11.9. The van der Waals surface area contributed by atoms with Crippen molar-refractivity contribution in [2.45, 2.75) is 6.04 Å². The number of benzene rings is 2. The van der Waals surface area contributed by atoms with Crippen molar-refractivity contribution in [2.24, 2.45) is 0 Å². The molecule has 7 heteroatoms. The minimum atomic E-state index is -0.457. The lowest BCUT2D eigenvalue weighted by molar-refractivity contribution is 0.0388. The lowest BCUT2D eigenvalue weighted by Gasteiger charge is -2.20. The molecule has 0 aliphatic carbocycles. The number of aromatic hydroxyl groups is 1. The molecule has 0 saturated carbocycles. The van der Waals surface area contributed by atoms with Crippen LogP contribution in [-0.2, 0) is 9.47 Å². The van der Waals surface area contributed by atoms with Crippen LogP contribution >= 0.6 is 0 Å². The predicted molar refractivity (Wildman–Crippen MR) is 116 cm³/mol. The van der Waals surface area contributed by atoms with Crippen LogP contribution in [0.5, 0.6) is 5.75 Å². The molecule has 2 aromatic carbocycles. The summed E-state index contributed by atoms with van der Waals surface area (Å²) in [6, 6.07) is 17.6. The zero-order chi connectivity index (χ0) is 21.6. The number of anilines is 1. The Bertz CT molecular complexity index is 1160. The minimum Gasteiger partial charge on any atom is -0.505 e. The van der Waals surface area contributed by atoms with Gasteiger partial charge in [-0.3, -0.25) is 4.98 Å². The molecule has 0 saturated heterocycles. The van der Waals surface area contributed by atoms with Crippen LogP contribution in [0.2, 0.25) is 0 Å². The fourth-order valence-electron chi connectivity index (χ4n) is 3.31. The third kappa shape index (κ3) is 4.51. The first-order chi connectivity index (χ1) is 15.2. The van der Waals surface area contributed by atoms with Gasteiger partial charge in [0.05, 0.1) is 18.4 Å². The third-order valence-corrected chi connectivity index (χ3v) is 4.87. The van der Waals surface area contributed by atoms with Crippen LogP contribution in [0.3, 0.4) is 0 Å². The van der Waals surface area contributed by atoms with Gasteiger partial charge in [0.2, 0.25) is 0 Å². The Hall–Kier alpha value is -3.84. The van der Waals surface area contributed by atoms with Gasteiger partial charge in [0.15, 0.2) is 0 Å². The second kappa shape index (κ2) is 9.32. The molecule has 2 heterocycles. The van der Waals surface area contributed by atoms with Crippen molar-refractivity contribution in [1.82, 2.24) is 4.98 Å². The number of phenols is 1. The summed E-state index contributed by atoms with van der Waals surface area (Å²) in [7, 11) is 1.55. The second-order valence-electron chi connectivity index (χ2n) is 6.88. The first-order valence-electron chi connectivity index (χ1n) is 9.80. The summed E-state index contributed by atoms with van der Waals surface area (Å²) in [5.41, 5.74) is 2.33. The Balaban J connectivity index is 1.61. The fraction of sp³-hybridized carbons (Fsp3) is 0.167. The molecular weight excluding hydrogens is 396 g/mol. The highest BCUT2D eigenvalue weighted by atomic mass is 16.6. The summed E-state index contributed by atoms with van der Waals surface area (Å²) in [5.74, 6) is 0.309. The molecule has 0 aliphatic heterocycles. The van der Waals surface area contributed by atoms with Crippen molar-refractivity contribution in [3.63, 3.8) is 0 Å². The van der Waals surface area contributed by atoms with Gasteiger partial charge in [-0.15, -0.1) is 0 Å². The van der Waals surface area contributed by atoms with E-state index in [0.717, 1.165) is 11.1 Å². The van der Waals surface area contributed by atoms with Gasteiger partial charge in [-0.05, 0) is 42.5 Å². The molecule has 0 amide bonds. The van der Waals surface area contributed by atoms with Crippen LogP contribution in [0.25, 0.3) is 10.9 Å². The Morgan fingerprint density at radius 2 is 1.94 bits per heavy atom. The van der Waals surface area contributed by atoms with E-state index < -0.39 is 12.0 Å². The predicted octanol–water partition coefficient (Wildman–Crippen LogP) is 4.54. The second-order valence-corrected chi connectivity index (χ2v) is 6.88. The van der Waals surface area contributed by atoms with E-state index in [9.17, 15) is 9.90 Å². The molecule has 158 valence electrons. The molecule has 0 bridgehead atoms. The molecule has 31 heavy (non-hydrogen) atoms. The molecular formula is C24H22N2O5. The first kappa shape index (κ1) is 20.4. The molecule has 0 spiro atoms. The van der Waals surface area contributed by atoms with Crippen molar-refractivity contribution < 1.29 is 23.8 Å². The Labute approximate surface area is 179 Å². The van der Waals surface area contributed by atoms with Gasteiger partial charge in [-0.1, -0.05) is 18.2 Å². The van der Waals surface area contributed by atoms with Crippen LogP contribution in [0.1, 0.15) is 27.7 Å². The monoisotopic (exact) mass is 418 g/mol. The minimum absolute atomic E-state index is 0.0883. The Morgan fingerprint density at radius 3 is 2.68 bits per heavy atom. The SMILES string of the molecule is COCCOC(=O)c1ccc(NC(c2ccco2)c2ccc3cccnc3c2O)cc1. The molecule has 2 N–H and O–H groups in total. The molecule has 4 aromatic rings. The van der Waals surface area contributed by atoms with Gasteiger partial charge in [0.25, 0.3) is 0 Å². The van der Waals surface area contributed by atoms with E-state index in [2.05, 4.69) is 10.3 Å². The zero-order valence-corrected chi connectivity index (χ0v) is 16.9. The molecule has 1 atom stereocenters. The Kier molecular flexibility index (Phi) is 6.14. The number of ether oxygens (including phenoxy) is 2. The number of esters is 1. The van der Waals surface area contributed by atoms with Crippen LogP contribution in [0.4, 0.5) is 5.69 Å². The van der Waals surface area contributed by atoms with E-state index >= 15 is 0 Å². The summed E-state index contributed by atoms with van der Waals surface area (Å²) < 4.78 is 15.6. The quantitative estimate of drug-likeness (QED) is 0.320. The molecule has 0 aliphatic rings. The number of carbonyl (C=O) groups is 1. The van der Waals surface area contributed by atoms with Crippen molar-refractivity contribution >= 4 is 22.6 Å². The number of fused-ring (bicyclic) bond motifs is 1. The van der Waals surface area contributed by atoms with E-state index in [1.165, 1.54) is 0 Å². The van der Waals surface area contributed by atoms with Crippen LogP contribution < -0.4 is 5.32 Å². The average molecular weight is 418 g/mol. The maximum atomic E-state index is 12.1. The smallest absolute Gasteiger partial charge is 0.338 e. The summed E-state index contributed by atoms with van der Waals surface area (Å²) in [6.45, 7) is 0.547. The van der Waals surface area contributed by atoms with Gasteiger partial charge in [0, 0.05) is 29.9 Å². The van der Waals surface area contributed by atoms with E-state index in [-0.39, 0.29) is 12.4 Å². The lowest BCUT2D eigenvalue weighted by atomic mass is 10.0. The maximum absolute atomic E-state index is 12.1. The number of nitrogens with one attached hydrogen (secondary N) is 1. The number of furan rings is 1. The number of phenolic OH excluding ortho intramolecular Hbond substituents is 1. The van der Waals surface area contributed by atoms with Crippen LogP contribution in [0, 0.1) is 0 Å². The van der Waals surface area contributed by atoms with Gasteiger partial charge >= 0.3 is 5.97 Å². The maximum Gasteiger partial charge on any atom is 0.338 e. The van der Waals surface area contributed by atoms with E-state index in [4.69, 9.17) is 13.9 Å². The fourth-order valence-corrected chi connectivity index (χ4v) is 3.31. The number of aromatic nitrogens is 1. The molecule has 2 aromatic heterocycles. The van der Waals surface area contributed by atoms with Crippen molar-refractivity contribution in [3.05, 3.63) is 90.0 Å². The van der Waals surface area contributed by atoms with Gasteiger partial charge in [-0.2, -0.15) is 0 Å². The summed E-state index contributed by atoms with van der Waals surface area (Å²) in [4.78, 5) is 16.4. The molecule has 7 nitrogen and oxygen atoms in total. The van der Waals surface area contributed by atoms with Crippen LogP contribution in [0.15, 0.2) is 77.5 Å². The van der Waals surface area contributed by atoms with Gasteiger partial charge in [-0.25, -0.2) is 4.79 Å². The molecule has 4 rings (SSSR count). The highest BCUT2D eigenvalue weighted by molar-refractivity contribution is 5.90. The molecule has 0 radical (unpaired) electrons. The third-order valence-electron chi connectivity index (χ3n) is 4.87. The number of pyridine rings is 1. The van der Waals surface area contributed by atoms with Gasteiger partial charge < -0.3 is 24.3 Å². The van der Waals surface area contributed by atoms with Gasteiger partial charge in [0.1, 0.15) is 29.7 Å². The average Bonchev–Trinajstić information content (AvgIpc) is 3.33. The number of carbonyl (C=O) groups excluding carboxylic acids is 1. The number of hydrogen-bond acceptors (Lipinski definition) is 7. The van der Waals surface area contributed by atoms with Crippen molar-refractivity contribution in [1.29, 1.82) is 0 Å². The van der Waals surface area contributed by atoms with E-state index in [1.807, 2.05) is 30.3 Å². The standard InChI is InChI=1S/C24H22N2O5/c1-29-14-15-31-24(28)17-6-9-18(10-7-17)26-22(20-5-3-13-30-20)19-11-8-16-4-2-12-25-21(16)23(19)27/h2-13,22,26-27H,14-15H2,1H3. The van der Waals surface area contributed by atoms with E-state index in [1.54, 1.807) is 49.9 Å². The van der Waals surface area contributed by atoms with Crippen molar-refractivity contribution in [2.75, 3.05) is 25.6 Å². The van der Waals surface area contributed by atoms with Crippen molar-refractivity contribution in [3.8, 4) is 5.75 Å². The topological polar surface area (TPSA) is 93.8 Å². The number of methoxy groups -OCH3 is 1. The number of hydrogen-bond donors (Lipinski definition) is 2. The first-order valence-corrected chi connectivity index (χ1v) is 9.80. The van der Waals surface area contributed by atoms with Crippen LogP contribution in [-0.4, -0.2) is 36.4 Å². The molecule has 0 fully saturated rings. The highest BCUT2D eigenvalue weighted by Crippen LogP contribution is 2.36. The number of nitrogens with zero attached hydrogens (tertiary/aromatic N) is 1.